The minimum atomic E-state index is -0.469. The molecule has 2 aromatic carbocycles. The predicted octanol–water partition coefficient (Wildman–Crippen LogP) is 3.12. The zero-order chi connectivity index (χ0) is 14.7. The van der Waals surface area contributed by atoms with Crippen molar-refractivity contribution in [1.29, 1.82) is 0 Å². The van der Waals surface area contributed by atoms with E-state index in [0.717, 1.165) is 11.3 Å². The van der Waals surface area contributed by atoms with Crippen LogP contribution in [-0.4, -0.2) is 12.0 Å². The molecule has 0 fully saturated rings. The van der Waals surface area contributed by atoms with Crippen LogP contribution >= 0.6 is 0 Å². The molecule has 0 radical (unpaired) electrons. The molecule has 5 heteroatoms. The number of hydrogen-bond acceptors (Lipinski definition) is 4. The fourth-order valence-corrected chi connectivity index (χ4v) is 2.03. The summed E-state index contributed by atoms with van der Waals surface area (Å²) in [6, 6.07) is 13.0. The Bertz CT molecular complexity index is 624. The number of anilines is 2. The summed E-state index contributed by atoms with van der Waals surface area (Å²) in [5, 5.41) is 10.7. The highest BCUT2D eigenvalue weighted by Crippen LogP contribution is 2.24. The van der Waals surface area contributed by atoms with Crippen molar-refractivity contribution in [1.82, 2.24) is 0 Å². The first-order chi connectivity index (χ1) is 9.47. The average molecular weight is 271 g/mol. The lowest BCUT2D eigenvalue weighted by atomic mass is 10.1. The number of aryl methyl sites for hydroxylation is 1. The van der Waals surface area contributed by atoms with Gasteiger partial charge in [0, 0.05) is 25.3 Å². The number of nitrogens with zero attached hydrogens (tertiary/aromatic N) is 2. The van der Waals surface area contributed by atoms with Crippen molar-refractivity contribution in [2.45, 2.75) is 13.5 Å². The topological polar surface area (TPSA) is 72.4 Å². The van der Waals surface area contributed by atoms with Crippen LogP contribution < -0.4 is 10.6 Å². The number of nitro groups is 1. The summed E-state index contributed by atoms with van der Waals surface area (Å²) in [4.78, 5) is 12.3. The molecule has 0 aliphatic heterocycles. The minimum absolute atomic E-state index is 0.0493. The van der Waals surface area contributed by atoms with Crippen molar-refractivity contribution in [2.75, 3.05) is 17.7 Å². The SMILES string of the molecule is Cc1ccc(N(C)Cc2ccc([N+](=O)[O-])c(N)c2)cc1. The Kier molecular flexibility index (Phi) is 3.89. The minimum Gasteiger partial charge on any atom is -0.393 e. The van der Waals surface area contributed by atoms with Crippen LogP contribution in [0.3, 0.4) is 0 Å². The van der Waals surface area contributed by atoms with E-state index in [0.29, 0.717) is 6.54 Å². The lowest BCUT2D eigenvalue weighted by Gasteiger charge is -2.19. The molecule has 2 N–H and O–H groups in total. The zero-order valence-electron chi connectivity index (χ0n) is 11.5. The number of rotatable bonds is 4. The fourth-order valence-electron chi connectivity index (χ4n) is 2.03. The van der Waals surface area contributed by atoms with Gasteiger partial charge in [0.15, 0.2) is 0 Å². The van der Waals surface area contributed by atoms with E-state index in [2.05, 4.69) is 17.0 Å². The Balaban J connectivity index is 2.15. The summed E-state index contributed by atoms with van der Waals surface area (Å²) in [6.07, 6.45) is 0. The van der Waals surface area contributed by atoms with Gasteiger partial charge >= 0.3 is 0 Å². The van der Waals surface area contributed by atoms with Gasteiger partial charge < -0.3 is 10.6 Å². The van der Waals surface area contributed by atoms with Crippen molar-refractivity contribution in [2.24, 2.45) is 0 Å². The molecule has 0 saturated heterocycles. The highest BCUT2D eigenvalue weighted by Gasteiger charge is 2.12. The van der Waals surface area contributed by atoms with Gasteiger partial charge in [-0.3, -0.25) is 10.1 Å². The van der Waals surface area contributed by atoms with Crippen molar-refractivity contribution in [3.63, 3.8) is 0 Å². The van der Waals surface area contributed by atoms with E-state index in [4.69, 9.17) is 5.73 Å². The maximum absolute atomic E-state index is 10.7. The van der Waals surface area contributed by atoms with Crippen molar-refractivity contribution >= 4 is 17.1 Å². The second-order valence-electron chi connectivity index (χ2n) is 4.84. The number of benzene rings is 2. The van der Waals surface area contributed by atoms with Gasteiger partial charge in [0.2, 0.25) is 0 Å². The van der Waals surface area contributed by atoms with Crippen LogP contribution in [0.1, 0.15) is 11.1 Å². The lowest BCUT2D eigenvalue weighted by Crippen LogP contribution is -2.16. The first kappa shape index (κ1) is 13.9. The predicted molar refractivity (Wildman–Crippen MR) is 80.8 cm³/mol. The van der Waals surface area contributed by atoms with Crippen LogP contribution in [0.15, 0.2) is 42.5 Å². The monoisotopic (exact) mass is 271 g/mol. The number of nitro benzene ring substituents is 1. The van der Waals surface area contributed by atoms with Gasteiger partial charge in [0.05, 0.1) is 4.92 Å². The number of nitrogens with two attached hydrogens (primary N) is 1. The van der Waals surface area contributed by atoms with Crippen LogP contribution in [0.5, 0.6) is 0 Å². The lowest BCUT2D eigenvalue weighted by molar-refractivity contribution is -0.383. The van der Waals surface area contributed by atoms with E-state index in [1.54, 1.807) is 12.1 Å². The van der Waals surface area contributed by atoms with Gasteiger partial charge in [-0.25, -0.2) is 0 Å². The Morgan fingerprint density at radius 3 is 2.40 bits per heavy atom. The summed E-state index contributed by atoms with van der Waals surface area (Å²) in [5.41, 5.74) is 9.09. The van der Waals surface area contributed by atoms with E-state index in [-0.39, 0.29) is 11.4 Å². The molecule has 0 aliphatic rings. The van der Waals surface area contributed by atoms with Crippen LogP contribution in [0, 0.1) is 17.0 Å². The molecule has 0 aromatic heterocycles. The standard InChI is InChI=1S/C15H17N3O2/c1-11-3-6-13(7-4-11)17(2)10-12-5-8-15(18(19)20)14(16)9-12/h3-9H,10,16H2,1-2H3. The first-order valence-corrected chi connectivity index (χ1v) is 6.28. The normalized spacial score (nSPS) is 10.3. The molecule has 0 heterocycles. The maximum atomic E-state index is 10.7. The summed E-state index contributed by atoms with van der Waals surface area (Å²) < 4.78 is 0. The molecule has 0 unspecified atom stereocenters. The summed E-state index contributed by atoms with van der Waals surface area (Å²) >= 11 is 0. The largest absolute Gasteiger partial charge is 0.393 e. The Morgan fingerprint density at radius 2 is 1.85 bits per heavy atom. The molecule has 0 amide bonds. The van der Waals surface area contributed by atoms with E-state index in [9.17, 15) is 10.1 Å². The molecule has 20 heavy (non-hydrogen) atoms. The van der Waals surface area contributed by atoms with Gasteiger partial charge in [-0.2, -0.15) is 0 Å². The van der Waals surface area contributed by atoms with Gasteiger partial charge in [-0.1, -0.05) is 23.8 Å². The van der Waals surface area contributed by atoms with E-state index < -0.39 is 4.92 Å². The molecule has 0 aliphatic carbocycles. The van der Waals surface area contributed by atoms with Crippen molar-refractivity contribution < 1.29 is 4.92 Å². The number of hydrogen-bond donors (Lipinski definition) is 1. The zero-order valence-corrected chi connectivity index (χ0v) is 11.5. The molecular weight excluding hydrogens is 254 g/mol. The van der Waals surface area contributed by atoms with Crippen LogP contribution in [-0.2, 0) is 6.54 Å². The smallest absolute Gasteiger partial charge is 0.292 e. The summed E-state index contributed by atoms with van der Waals surface area (Å²) in [7, 11) is 1.97. The Hall–Kier alpha value is -2.56. The van der Waals surface area contributed by atoms with Gasteiger partial charge in [-0.05, 0) is 30.7 Å². The van der Waals surface area contributed by atoms with E-state index >= 15 is 0 Å². The molecule has 104 valence electrons. The quantitative estimate of drug-likeness (QED) is 0.527. The van der Waals surface area contributed by atoms with Crippen molar-refractivity contribution in [3.8, 4) is 0 Å². The molecule has 0 saturated carbocycles. The number of nitrogen functional groups attached to an aromatic ring is 1. The van der Waals surface area contributed by atoms with Crippen LogP contribution in [0.4, 0.5) is 17.1 Å². The second kappa shape index (κ2) is 5.61. The third-order valence-electron chi connectivity index (χ3n) is 3.18. The molecule has 0 spiro atoms. The van der Waals surface area contributed by atoms with Gasteiger partial charge in [0.25, 0.3) is 5.69 Å². The highest BCUT2D eigenvalue weighted by molar-refractivity contribution is 5.60. The second-order valence-corrected chi connectivity index (χ2v) is 4.84. The van der Waals surface area contributed by atoms with Gasteiger partial charge in [-0.15, -0.1) is 0 Å². The summed E-state index contributed by atoms with van der Waals surface area (Å²) in [6.45, 7) is 2.69. The van der Waals surface area contributed by atoms with Crippen LogP contribution in [0.25, 0.3) is 0 Å². The van der Waals surface area contributed by atoms with E-state index in [1.165, 1.54) is 11.6 Å². The van der Waals surface area contributed by atoms with E-state index in [1.807, 2.05) is 26.1 Å². The molecular formula is C15H17N3O2. The van der Waals surface area contributed by atoms with Crippen molar-refractivity contribution in [3.05, 3.63) is 63.7 Å². The molecule has 0 bridgehead atoms. The third kappa shape index (κ3) is 3.06. The Morgan fingerprint density at radius 1 is 1.20 bits per heavy atom. The molecule has 5 nitrogen and oxygen atoms in total. The van der Waals surface area contributed by atoms with Crippen LogP contribution in [0.2, 0.25) is 0 Å². The average Bonchev–Trinajstić information content (AvgIpc) is 2.39. The molecule has 2 aromatic rings. The molecule has 2 rings (SSSR count). The summed E-state index contributed by atoms with van der Waals surface area (Å²) in [5.74, 6) is 0. The molecule has 0 atom stereocenters. The highest BCUT2D eigenvalue weighted by atomic mass is 16.6. The Labute approximate surface area is 117 Å². The first-order valence-electron chi connectivity index (χ1n) is 6.28. The maximum Gasteiger partial charge on any atom is 0.292 e. The fraction of sp³-hybridized carbons (Fsp3) is 0.200. The van der Waals surface area contributed by atoms with Gasteiger partial charge in [0.1, 0.15) is 5.69 Å². The third-order valence-corrected chi connectivity index (χ3v) is 3.18.